The van der Waals surface area contributed by atoms with E-state index in [1.165, 1.54) is 34.7 Å². The van der Waals surface area contributed by atoms with Crippen LogP contribution in [0.5, 0.6) is 0 Å². The quantitative estimate of drug-likeness (QED) is 0.439. The van der Waals surface area contributed by atoms with Crippen molar-refractivity contribution in [3.63, 3.8) is 0 Å². The zero-order valence-corrected chi connectivity index (χ0v) is 16.5. The highest BCUT2D eigenvalue weighted by Gasteiger charge is 2.29. The van der Waals surface area contributed by atoms with Crippen molar-refractivity contribution in [3.8, 4) is 0 Å². The summed E-state index contributed by atoms with van der Waals surface area (Å²) in [6.45, 7) is 6.19. The third-order valence-electron chi connectivity index (χ3n) is 5.21. The molecular weight excluding hydrogens is 362 g/mol. The second-order valence-corrected chi connectivity index (χ2v) is 7.99. The Morgan fingerprint density at radius 2 is 2.00 bits per heavy atom. The topological polar surface area (TPSA) is 75.5 Å². The number of unbranched alkanes of at least 4 members (excludes halogenated alkanes) is 1. The Bertz CT molecular complexity index is 803. The SMILES string of the molecule is C[C@@H]1Cc2ccsc2[C@H](C)N1CCCCNC(=O)c1ccc([N+](=O)[O-])cc1. The molecular formula is C20H25N3O3S. The third-order valence-corrected chi connectivity index (χ3v) is 6.34. The first-order valence-electron chi connectivity index (χ1n) is 9.32. The number of carbonyl (C=O) groups is 1. The van der Waals surface area contributed by atoms with Gasteiger partial charge in [0.2, 0.25) is 0 Å². The molecule has 2 aromatic rings. The molecule has 1 aromatic carbocycles. The Morgan fingerprint density at radius 3 is 2.70 bits per heavy atom. The fourth-order valence-corrected chi connectivity index (χ4v) is 4.74. The fourth-order valence-electron chi connectivity index (χ4n) is 3.72. The van der Waals surface area contributed by atoms with Gasteiger partial charge in [0.05, 0.1) is 4.92 Å². The molecule has 6 nitrogen and oxygen atoms in total. The van der Waals surface area contributed by atoms with Crippen LogP contribution in [0, 0.1) is 10.1 Å². The highest BCUT2D eigenvalue weighted by atomic mass is 32.1. The van der Waals surface area contributed by atoms with Gasteiger partial charge in [0.15, 0.2) is 0 Å². The van der Waals surface area contributed by atoms with Gasteiger partial charge in [0.1, 0.15) is 0 Å². The molecule has 1 aromatic heterocycles. The van der Waals surface area contributed by atoms with Crippen LogP contribution in [-0.4, -0.2) is 34.9 Å². The molecule has 0 spiro atoms. The summed E-state index contributed by atoms with van der Waals surface area (Å²) < 4.78 is 0. The molecule has 0 saturated heterocycles. The van der Waals surface area contributed by atoms with Gasteiger partial charge in [0.25, 0.3) is 11.6 Å². The maximum Gasteiger partial charge on any atom is 0.269 e. The van der Waals surface area contributed by atoms with Crippen molar-refractivity contribution in [2.45, 2.75) is 45.2 Å². The van der Waals surface area contributed by atoms with E-state index in [-0.39, 0.29) is 11.6 Å². The second-order valence-electron chi connectivity index (χ2n) is 7.04. The molecule has 0 aliphatic carbocycles. The summed E-state index contributed by atoms with van der Waals surface area (Å²) in [4.78, 5) is 26.3. The number of hydrogen-bond acceptors (Lipinski definition) is 5. The Labute approximate surface area is 163 Å². The van der Waals surface area contributed by atoms with Gasteiger partial charge in [-0.05, 0) is 68.8 Å². The number of thiophene rings is 1. The van der Waals surface area contributed by atoms with E-state index in [1.54, 1.807) is 0 Å². The lowest BCUT2D eigenvalue weighted by Gasteiger charge is -2.39. The zero-order valence-electron chi connectivity index (χ0n) is 15.7. The molecule has 1 N–H and O–H groups in total. The van der Waals surface area contributed by atoms with Gasteiger partial charge in [0, 0.05) is 41.2 Å². The van der Waals surface area contributed by atoms with Gasteiger partial charge in [-0.2, -0.15) is 0 Å². The zero-order chi connectivity index (χ0) is 19.4. The lowest BCUT2D eigenvalue weighted by molar-refractivity contribution is -0.384. The Hall–Kier alpha value is -2.25. The molecule has 7 heteroatoms. The van der Waals surface area contributed by atoms with Crippen LogP contribution in [0.15, 0.2) is 35.7 Å². The highest BCUT2D eigenvalue weighted by molar-refractivity contribution is 7.10. The molecule has 1 aliphatic rings. The lowest BCUT2D eigenvalue weighted by Crippen LogP contribution is -2.41. The minimum absolute atomic E-state index is 0.00906. The Morgan fingerprint density at radius 1 is 1.26 bits per heavy atom. The first kappa shape index (κ1) is 19.5. The standard InChI is InChI=1S/C20H25N3O3S/c1-14-13-17-9-12-27-19(17)15(2)22(14)11-4-3-10-21-20(24)16-5-7-18(8-6-16)23(25)26/h5-9,12,14-15H,3-4,10-11,13H2,1-2H3,(H,21,24)/t14-,15+/m1/s1. The number of amides is 1. The van der Waals surface area contributed by atoms with Crippen molar-refractivity contribution < 1.29 is 9.72 Å². The predicted molar refractivity (Wildman–Crippen MR) is 107 cm³/mol. The number of hydrogen-bond donors (Lipinski definition) is 1. The lowest BCUT2D eigenvalue weighted by atomic mass is 9.96. The van der Waals surface area contributed by atoms with E-state index < -0.39 is 4.92 Å². The van der Waals surface area contributed by atoms with Crippen LogP contribution in [0.1, 0.15) is 53.5 Å². The van der Waals surface area contributed by atoms with Crippen LogP contribution >= 0.6 is 11.3 Å². The summed E-state index contributed by atoms with van der Waals surface area (Å²) in [5.41, 5.74) is 1.93. The van der Waals surface area contributed by atoms with E-state index in [0.717, 1.165) is 25.8 Å². The number of nitrogens with zero attached hydrogens (tertiary/aromatic N) is 2. The summed E-state index contributed by atoms with van der Waals surface area (Å²) in [7, 11) is 0. The van der Waals surface area contributed by atoms with Crippen LogP contribution in [0.4, 0.5) is 5.69 Å². The van der Waals surface area contributed by atoms with Crippen molar-refractivity contribution in [2.24, 2.45) is 0 Å². The van der Waals surface area contributed by atoms with Crippen LogP contribution in [-0.2, 0) is 6.42 Å². The minimum Gasteiger partial charge on any atom is -0.352 e. The van der Waals surface area contributed by atoms with Crippen LogP contribution in [0.3, 0.4) is 0 Å². The average molecular weight is 388 g/mol. The number of nitro benzene ring substituents is 1. The average Bonchev–Trinajstić information content (AvgIpc) is 3.12. The van der Waals surface area contributed by atoms with Crippen LogP contribution in [0.2, 0.25) is 0 Å². The van der Waals surface area contributed by atoms with Crippen LogP contribution < -0.4 is 5.32 Å². The maximum atomic E-state index is 12.1. The van der Waals surface area contributed by atoms with Crippen molar-refractivity contribution >= 4 is 22.9 Å². The molecule has 0 saturated carbocycles. The summed E-state index contributed by atoms with van der Waals surface area (Å²) in [5, 5.41) is 15.7. The highest BCUT2D eigenvalue weighted by Crippen LogP contribution is 2.36. The van der Waals surface area contributed by atoms with Gasteiger partial charge in [-0.1, -0.05) is 0 Å². The molecule has 1 amide bonds. The van der Waals surface area contributed by atoms with Gasteiger partial charge in [-0.15, -0.1) is 11.3 Å². The summed E-state index contributed by atoms with van der Waals surface area (Å²) >= 11 is 1.85. The molecule has 0 bridgehead atoms. The molecule has 0 radical (unpaired) electrons. The number of nitrogens with one attached hydrogen (secondary N) is 1. The van der Waals surface area contributed by atoms with Crippen molar-refractivity contribution in [1.29, 1.82) is 0 Å². The molecule has 2 heterocycles. The molecule has 1 aliphatic heterocycles. The van der Waals surface area contributed by atoms with Crippen molar-refractivity contribution in [2.75, 3.05) is 13.1 Å². The van der Waals surface area contributed by atoms with Crippen LogP contribution in [0.25, 0.3) is 0 Å². The van der Waals surface area contributed by atoms with E-state index in [1.807, 2.05) is 11.3 Å². The number of non-ortho nitro benzene ring substituents is 1. The fraction of sp³-hybridized carbons (Fsp3) is 0.450. The van der Waals surface area contributed by atoms with Gasteiger partial charge in [-0.25, -0.2) is 0 Å². The number of benzene rings is 1. The minimum atomic E-state index is -0.469. The monoisotopic (exact) mass is 387 g/mol. The van der Waals surface area contributed by atoms with E-state index in [9.17, 15) is 14.9 Å². The van der Waals surface area contributed by atoms with E-state index in [0.29, 0.717) is 24.2 Å². The number of fused-ring (bicyclic) bond motifs is 1. The second kappa shape index (κ2) is 8.63. The van der Waals surface area contributed by atoms with Gasteiger partial charge in [-0.3, -0.25) is 19.8 Å². The van der Waals surface area contributed by atoms with E-state index in [4.69, 9.17) is 0 Å². The van der Waals surface area contributed by atoms with E-state index in [2.05, 4.69) is 35.5 Å². The van der Waals surface area contributed by atoms with Crippen molar-refractivity contribution in [3.05, 3.63) is 61.8 Å². The smallest absolute Gasteiger partial charge is 0.269 e. The molecule has 0 unspecified atom stereocenters. The number of rotatable bonds is 7. The maximum absolute atomic E-state index is 12.1. The Balaban J connectivity index is 1.41. The molecule has 3 rings (SSSR count). The number of nitro groups is 1. The summed E-state index contributed by atoms with van der Waals surface area (Å²) in [6.07, 6.45) is 3.04. The number of carbonyl (C=O) groups excluding carboxylic acids is 1. The molecule has 0 fully saturated rings. The Kier molecular flexibility index (Phi) is 6.23. The van der Waals surface area contributed by atoms with Gasteiger partial charge < -0.3 is 5.32 Å². The molecule has 27 heavy (non-hydrogen) atoms. The first-order chi connectivity index (χ1) is 13.0. The van der Waals surface area contributed by atoms with E-state index >= 15 is 0 Å². The summed E-state index contributed by atoms with van der Waals surface area (Å²) in [6, 6.07) is 8.93. The molecule has 144 valence electrons. The normalized spacial score (nSPS) is 19.5. The molecule has 2 atom stereocenters. The first-order valence-corrected chi connectivity index (χ1v) is 10.2. The summed E-state index contributed by atoms with van der Waals surface area (Å²) in [5.74, 6) is -0.187. The van der Waals surface area contributed by atoms with Crippen molar-refractivity contribution in [1.82, 2.24) is 10.2 Å². The van der Waals surface area contributed by atoms with Gasteiger partial charge >= 0.3 is 0 Å². The third kappa shape index (κ3) is 4.54. The predicted octanol–water partition coefficient (Wildman–Crippen LogP) is 4.17. The largest absolute Gasteiger partial charge is 0.352 e.